The molecule has 0 saturated carbocycles. The lowest BCUT2D eigenvalue weighted by Crippen LogP contribution is -2.48. The number of ether oxygens (including phenoxy) is 1. The van der Waals surface area contributed by atoms with Crippen LogP contribution in [0.1, 0.15) is 5.56 Å². The van der Waals surface area contributed by atoms with Gasteiger partial charge in [0, 0.05) is 50.4 Å². The SMILES string of the molecule is COCCN1C(=O)C(c2ccc(Cl)cc2Cl)=C(N2CCN(CCO)CC2)C1=O. The van der Waals surface area contributed by atoms with Crippen molar-refractivity contribution in [1.82, 2.24) is 14.7 Å². The molecular weight excluding hydrogens is 405 g/mol. The van der Waals surface area contributed by atoms with E-state index < -0.39 is 0 Å². The van der Waals surface area contributed by atoms with E-state index in [2.05, 4.69) is 4.90 Å². The van der Waals surface area contributed by atoms with Gasteiger partial charge in [-0.3, -0.25) is 19.4 Å². The normalized spacial score (nSPS) is 18.6. The molecule has 7 nitrogen and oxygen atoms in total. The highest BCUT2D eigenvalue weighted by Gasteiger charge is 2.42. The molecule has 1 aromatic carbocycles. The highest BCUT2D eigenvalue weighted by Crippen LogP contribution is 2.36. The molecule has 152 valence electrons. The van der Waals surface area contributed by atoms with Crippen molar-refractivity contribution >= 4 is 40.6 Å². The van der Waals surface area contributed by atoms with Crippen molar-refractivity contribution in [2.24, 2.45) is 0 Å². The molecule has 0 aromatic heterocycles. The van der Waals surface area contributed by atoms with Gasteiger partial charge in [0.25, 0.3) is 11.8 Å². The highest BCUT2D eigenvalue weighted by atomic mass is 35.5. The molecule has 2 aliphatic heterocycles. The van der Waals surface area contributed by atoms with Gasteiger partial charge in [-0.25, -0.2) is 0 Å². The minimum atomic E-state index is -0.376. The standard InChI is InChI=1S/C19H23Cl2N3O4/c1-28-11-9-24-18(26)16(14-3-2-13(20)12-15(14)21)17(19(24)27)23-6-4-22(5-7-23)8-10-25/h2-3,12,25H,4-11H2,1H3. The van der Waals surface area contributed by atoms with Gasteiger partial charge in [0.05, 0.1) is 30.4 Å². The van der Waals surface area contributed by atoms with Gasteiger partial charge < -0.3 is 14.7 Å². The second-order valence-electron chi connectivity index (χ2n) is 6.65. The molecule has 1 fully saturated rings. The number of amides is 2. The number of β-amino-alcohol motifs (C(OH)–C–C–N with tert-alkyl or cyclic N) is 1. The predicted molar refractivity (Wildman–Crippen MR) is 107 cm³/mol. The summed E-state index contributed by atoms with van der Waals surface area (Å²) in [5.41, 5.74) is 1.17. The smallest absolute Gasteiger partial charge is 0.277 e. The Morgan fingerprint density at radius 1 is 1.07 bits per heavy atom. The lowest BCUT2D eigenvalue weighted by molar-refractivity contribution is -0.138. The molecule has 1 N–H and O–H groups in total. The zero-order chi connectivity index (χ0) is 20.3. The maximum absolute atomic E-state index is 13.1. The Hall–Kier alpha value is -1.64. The minimum absolute atomic E-state index is 0.0938. The average molecular weight is 428 g/mol. The molecule has 0 atom stereocenters. The van der Waals surface area contributed by atoms with Crippen molar-refractivity contribution in [2.75, 3.05) is 59.6 Å². The quantitative estimate of drug-likeness (QED) is 0.661. The molecule has 9 heteroatoms. The summed E-state index contributed by atoms with van der Waals surface area (Å²) in [5, 5.41) is 9.91. The molecule has 2 heterocycles. The average Bonchev–Trinajstić information content (AvgIpc) is 2.91. The number of hydrogen-bond donors (Lipinski definition) is 1. The molecule has 0 bridgehead atoms. The Bertz CT molecular complexity index is 791. The maximum Gasteiger partial charge on any atom is 0.277 e. The van der Waals surface area contributed by atoms with E-state index >= 15 is 0 Å². The second-order valence-corrected chi connectivity index (χ2v) is 7.50. The van der Waals surface area contributed by atoms with E-state index in [1.54, 1.807) is 18.2 Å². The molecule has 2 amide bonds. The molecule has 1 aromatic rings. The number of nitrogens with zero attached hydrogens (tertiary/aromatic N) is 3. The number of hydrogen-bond acceptors (Lipinski definition) is 6. The number of imide groups is 1. The Morgan fingerprint density at radius 2 is 1.79 bits per heavy atom. The Labute approximate surface area is 174 Å². The monoisotopic (exact) mass is 427 g/mol. The first-order valence-electron chi connectivity index (χ1n) is 9.11. The number of aliphatic hydroxyl groups excluding tert-OH is 1. The van der Waals surface area contributed by atoms with Crippen LogP contribution in [0, 0.1) is 0 Å². The maximum atomic E-state index is 13.1. The number of halogens is 2. The molecule has 0 radical (unpaired) electrons. The number of rotatable bonds is 7. The minimum Gasteiger partial charge on any atom is -0.395 e. The highest BCUT2D eigenvalue weighted by molar-refractivity contribution is 6.41. The Kier molecular flexibility index (Phi) is 6.95. The van der Waals surface area contributed by atoms with Crippen LogP contribution in [-0.2, 0) is 14.3 Å². The fourth-order valence-corrected chi connectivity index (χ4v) is 4.02. The Morgan fingerprint density at radius 3 is 2.39 bits per heavy atom. The number of piperazine rings is 1. The van der Waals surface area contributed by atoms with Gasteiger partial charge >= 0.3 is 0 Å². The second kappa shape index (κ2) is 9.24. The van der Waals surface area contributed by atoms with Crippen LogP contribution >= 0.6 is 23.2 Å². The van der Waals surface area contributed by atoms with Crippen molar-refractivity contribution in [2.45, 2.75) is 0 Å². The molecule has 0 spiro atoms. The van der Waals surface area contributed by atoms with Gasteiger partial charge in [0.1, 0.15) is 5.70 Å². The zero-order valence-electron chi connectivity index (χ0n) is 15.7. The molecule has 0 unspecified atom stereocenters. The van der Waals surface area contributed by atoms with Crippen LogP contribution in [0.4, 0.5) is 0 Å². The third kappa shape index (κ3) is 4.18. The lowest BCUT2D eigenvalue weighted by Gasteiger charge is -2.36. The molecular formula is C19H23Cl2N3O4. The van der Waals surface area contributed by atoms with Crippen LogP contribution in [0.25, 0.3) is 5.57 Å². The summed E-state index contributed by atoms with van der Waals surface area (Å²) < 4.78 is 5.05. The van der Waals surface area contributed by atoms with Crippen LogP contribution in [0.2, 0.25) is 10.0 Å². The summed E-state index contributed by atoms with van der Waals surface area (Å²) in [4.78, 5) is 31.5. The third-order valence-electron chi connectivity index (χ3n) is 4.97. The van der Waals surface area contributed by atoms with Gasteiger partial charge in [0.15, 0.2) is 0 Å². The van der Waals surface area contributed by atoms with Crippen molar-refractivity contribution < 1.29 is 19.4 Å². The first-order chi connectivity index (χ1) is 13.5. The van der Waals surface area contributed by atoms with E-state index in [4.69, 9.17) is 33.0 Å². The van der Waals surface area contributed by atoms with Crippen LogP contribution < -0.4 is 0 Å². The third-order valence-corrected chi connectivity index (χ3v) is 5.52. The molecule has 1 saturated heterocycles. The van der Waals surface area contributed by atoms with E-state index in [-0.39, 0.29) is 31.6 Å². The number of methoxy groups -OCH3 is 1. The van der Waals surface area contributed by atoms with Gasteiger partial charge in [0.2, 0.25) is 0 Å². The van der Waals surface area contributed by atoms with E-state index in [0.717, 1.165) is 0 Å². The fraction of sp³-hybridized carbons (Fsp3) is 0.474. The van der Waals surface area contributed by atoms with E-state index in [9.17, 15) is 9.59 Å². The van der Waals surface area contributed by atoms with E-state index in [1.807, 2.05) is 4.90 Å². The number of benzene rings is 1. The first kappa shape index (κ1) is 21.1. The number of carbonyl (C=O) groups is 2. The summed E-state index contributed by atoms with van der Waals surface area (Å²) >= 11 is 12.4. The van der Waals surface area contributed by atoms with Gasteiger partial charge in [-0.2, -0.15) is 0 Å². The van der Waals surface area contributed by atoms with Crippen LogP contribution in [0.15, 0.2) is 23.9 Å². The predicted octanol–water partition coefficient (Wildman–Crippen LogP) is 1.33. The summed E-state index contributed by atoms with van der Waals surface area (Å²) in [5.74, 6) is -0.710. The molecule has 0 aliphatic carbocycles. The zero-order valence-corrected chi connectivity index (χ0v) is 17.2. The van der Waals surface area contributed by atoms with Crippen molar-refractivity contribution in [3.63, 3.8) is 0 Å². The fourth-order valence-electron chi connectivity index (χ4n) is 3.51. The summed E-state index contributed by atoms with van der Waals surface area (Å²) in [6.07, 6.45) is 0. The van der Waals surface area contributed by atoms with E-state index in [1.165, 1.54) is 12.0 Å². The van der Waals surface area contributed by atoms with Gasteiger partial charge in [-0.15, -0.1) is 0 Å². The summed E-state index contributed by atoms with van der Waals surface area (Å²) in [6.45, 7) is 3.69. The summed E-state index contributed by atoms with van der Waals surface area (Å²) in [6, 6.07) is 4.90. The lowest BCUT2D eigenvalue weighted by atomic mass is 10.0. The largest absolute Gasteiger partial charge is 0.395 e. The van der Waals surface area contributed by atoms with Crippen LogP contribution in [0.5, 0.6) is 0 Å². The van der Waals surface area contributed by atoms with Gasteiger partial charge in [-0.1, -0.05) is 29.3 Å². The van der Waals surface area contributed by atoms with Crippen molar-refractivity contribution in [3.05, 3.63) is 39.5 Å². The topological polar surface area (TPSA) is 73.3 Å². The molecule has 3 rings (SSSR count). The van der Waals surface area contributed by atoms with Crippen molar-refractivity contribution in [1.29, 1.82) is 0 Å². The van der Waals surface area contributed by atoms with Crippen LogP contribution in [-0.4, -0.2) is 91.2 Å². The van der Waals surface area contributed by atoms with Crippen LogP contribution in [0.3, 0.4) is 0 Å². The molecule has 28 heavy (non-hydrogen) atoms. The Balaban J connectivity index is 1.98. The van der Waals surface area contributed by atoms with Crippen molar-refractivity contribution in [3.8, 4) is 0 Å². The summed E-state index contributed by atoms with van der Waals surface area (Å²) in [7, 11) is 1.52. The molecule has 2 aliphatic rings. The van der Waals surface area contributed by atoms with Gasteiger partial charge in [-0.05, 0) is 12.1 Å². The first-order valence-corrected chi connectivity index (χ1v) is 9.86. The number of carbonyl (C=O) groups excluding carboxylic acids is 2. The van der Waals surface area contributed by atoms with E-state index in [0.29, 0.717) is 59.6 Å². The number of aliphatic hydroxyl groups is 1.